The van der Waals surface area contributed by atoms with Crippen LogP contribution in [0, 0.1) is 0 Å². The van der Waals surface area contributed by atoms with Crippen LogP contribution in [0.2, 0.25) is 5.02 Å². The summed E-state index contributed by atoms with van der Waals surface area (Å²) in [7, 11) is 3.34. The number of thiophene rings is 1. The molecule has 4 aromatic rings. The van der Waals surface area contributed by atoms with Crippen LogP contribution in [0.3, 0.4) is 0 Å². The molecule has 0 spiro atoms. The van der Waals surface area contributed by atoms with Crippen molar-refractivity contribution in [2.75, 3.05) is 19.5 Å². The lowest BCUT2D eigenvalue weighted by molar-refractivity contribution is 0.0734. The number of halogens is 2. The van der Waals surface area contributed by atoms with E-state index in [9.17, 15) is 4.79 Å². The van der Waals surface area contributed by atoms with Gasteiger partial charge in [-0.25, -0.2) is 4.79 Å². The second-order valence-electron chi connectivity index (χ2n) is 10.1. The van der Waals surface area contributed by atoms with Crippen molar-refractivity contribution in [1.29, 1.82) is 0 Å². The predicted molar refractivity (Wildman–Crippen MR) is 167 cm³/mol. The maximum Gasteiger partial charge on any atom is 0.345 e. The van der Waals surface area contributed by atoms with Crippen LogP contribution >= 0.6 is 38.9 Å². The Bertz CT molecular complexity index is 1630. The normalized spacial score (nSPS) is 14.5. The molecule has 1 aliphatic heterocycles. The van der Waals surface area contributed by atoms with E-state index in [1.807, 2.05) is 12.1 Å². The highest BCUT2D eigenvalue weighted by Gasteiger charge is 2.31. The Kier molecular flexibility index (Phi) is 8.11. The molecule has 1 aliphatic rings. The van der Waals surface area contributed by atoms with Crippen LogP contribution in [-0.4, -0.2) is 25.7 Å². The smallest absolute Gasteiger partial charge is 0.345 e. The molecule has 2 heterocycles. The summed E-state index contributed by atoms with van der Waals surface area (Å²) in [4.78, 5) is 13.9. The summed E-state index contributed by atoms with van der Waals surface area (Å²) >= 11 is 11.5. The van der Waals surface area contributed by atoms with Gasteiger partial charge >= 0.3 is 5.97 Å². The number of carbonyl (C=O) groups excluding carboxylic acids is 1. The van der Waals surface area contributed by atoms with Crippen LogP contribution in [0.1, 0.15) is 53.2 Å². The van der Waals surface area contributed by atoms with Crippen LogP contribution in [0.4, 0.5) is 5.69 Å². The van der Waals surface area contributed by atoms with Gasteiger partial charge in [0.15, 0.2) is 0 Å². The summed E-state index contributed by atoms with van der Waals surface area (Å²) in [5.41, 5.74) is 6.28. The fraction of sp³-hybridized carbons (Fsp3) is 0.219. The molecule has 40 heavy (non-hydrogen) atoms. The van der Waals surface area contributed by atoms with Gasteiger partial charge in [0.05, 0.1) is 27.0 Å². The summed E-state index contributed by atoms with van der Waals surface area (Å²) in [6, 6.07) is 20.5. The maximum atomic E-state index is 12.8. The van der Waals surface area contributed by atoms with Gasteiger partial charge in [0.1, 0.15) is 17.6 Å². The van der Waals surface area contributed by atoms with Gasteiger partial charge in [-0.15, -0.1) is 11.3 Å². The molecule has 0 aliphatic carbocycles. The number of ether oxygens (including phenoxy) is 3. The van der Waals surface area contributed by atoms with Crippen molar-refractivity contribution in [3.63, 3.8) is 0 Å². The molecule has 0 saturated heterocycles. The number of fused-ring (bicyclic) bond motifs is 1. The van der Waals surface area contributed by atoms with Gasteiger partial charge < -0.3 is 19.5 Å². The first-order valence-corrected chi connectivity index (χ1v) is 14.7. The first-order valence-electron chi connectivity index (χ1n) is 12.7. The van der Waals surface area contributed by atoms with Crippen molar-refractivity contribution in [2.24, 2.45) is 0 Å². The average Bonchev–Trinajstić information content (AvgIpc) is 3.34. The lowest BCUT2D eigenvalue weighted by atomic mass is 9.82. The molecule has 5 rings (SSSR count). The number of nitrogens with one attached hydrogen (secondary N) is 1. The largest absolute Gasteiger partial charge is 0.496 e. The molecule has 5 nitrogen and oxygen atoms in total. The highest BCUT2D eigenvalue weighted by Crippen LogP contribution is 2.48. The first-order chi connectivity index (χ1) is 19.1. The molecule has 0 radical (unpaired) electrons. The Morgan fingerprint density at radius 2 is 1.77 bits per heavy atom. The summed E-state index contributed by atoms with van der Waals surface area (Å²) in [5, 5.41) is 4.00. The highest BCUT2D eigenvalue weighted by atomic mass is 79.9. The number of allylic oxidation sites excluding steroid dienone is 1. The molecule has 1 aromatic heterocycles. The zero-order chi connectivity index (χ0) is 28.6. The number of carbonyl (C=O) groups is 1. The quantitative estimate of drug-likeness (QED) is 0.161. The van der Waals surface area contributed by atoms with E-state index in [-0.39, 0.29) is 11.6 Å². The molecule has 3 aromatic carbocycles. The van der Waals surface area contributed by atoms with E-state index in [2.05, 4.69) is 66.3 Å². The van der Waals surface area contributed by atoms with E-state index >= 15 is 0 Å². The predicted octanol–water partition coefficient (Wildman–Crippen LogP) is 9.40. The topological polar surface area (TPSA) is 56.8 Å². The number of rotatable bonds is 7. The van der Waals surface area contributed by atoms with Gasteiger partial charge in [0.25, 0.3) is 0 Å². The monoisotopic (exact) mass is 637 g/mol. The van der Waals surface area contributed by atoms with Crippen LogP contribution in [0.5, 0.6) is 11.5 Å². The van der Waals surface area contributed by atoms with E-state index < -0.39 is 5.97 Å². The van der Waals surface area contributed by atoms with Gasteiger partial charge in [-0.2, -0.15) is 0 Å². The summed E-state index contributed by atoms with van der Waals surface area (Å²) in [6.45, 7) is 6.45. The molecular weight excluding hydrogens is 610 g/mol. The van der Waals surface area contributed by atoms with Gasteiger partial charge in [-0.1, -0.05) is 35.9 Å². The van der Waals surface area contributed by atoms with E-state index in [1.54, 1.807) is 62.0 Å². The Morgan fingerprint density at radius 1 is 1.02 bits per heavy atom. The fourth-order valence-electron chi connectivity index (χ4n) is 5.24. The van der Waals surface area contributed by atoms with E-state index in [1.165, 1.54) is 0 Å². The second-order valence-corrected chi connectivity index (χ2v) is 13.0. The number of hydrogen-bond donors (Lipinski definition) is 1. The highest BCUT2D eigenvalue weighted by molar-refractivity contribution is 9.11. The van der Waals surface area contributed by atoms with Crippen LogP contribution in [0.25, 0.3) is 16.7 Å². The minimum absolute atomic E-state index is 0.185. The third-order valence-electron chi connectivity index (χ3n) is 6.79. The summed E-state index contributed by atoms with van der Waals surface area (Å²) < 4.78 is 18.7. The average molecular weight is 639 g/mol. The van der Waals surface area contributed by atoms with Gasteiger partial charge in [0.2, 0.25) is 0 Å². The molecule has 8 heteroatoms. The standard InChI is InChI=1S/C32H29BrClNO4S/c1-18-17-32(2,3)35-24-13-12-21(29(28(18)24)30(38-5)26-14-15-27(33)40-26)20-11-10-19(16-25(20)37-4)39-31(36)22-8-6-7-9-23(22)34/h6-17,30,35H,1-5H3. The SMILES string of the molecule is COc1cc(OC(=O)c2ccccc2Cl)ccc1-c1ccc2c(c1C(OC)c1ccc(Br)s1)C(C)=CC(C)(C)N2. The Balaban J connectivity index is 1.64. The van der Waals surface area contributed by atoms with E-state index in [0.29, 0.717) is 22.1 Å². The minimum atomic E-state index is -0.535. The summed E-state index contributed by atoms with van der Waals surface area (Å²) in [6.07, 6.45) is 1.92. The number of anilines is 1. The number of methoxy groups -OCH3 is 2. The summed E-state index contributed by atoms with van der Waals surface area (Å²) in [5.74, 6) is 0.389. The third-order valence-corrected chi connectivity index (χ3v) is 8.79. The Labute approximate surface area is 251 Å². The minimum Gasteiger partial charge on any atom is -0.496 e. The van der Waals surface area contributed by atoms with E-state index in [0.717, 1.165) is 42.2 Å². The Morgan fingerprint density at radius 3 is 2.45 bits per heavy atom. The van der Waals surface area contributed by atoms with Crippen molar-refractivity contribution in [3.8, 4) is 22.6 Å². The van der Waals surface area contributed by atoms with E-state index in [4.69, 9.17) is 25.8 Å². The number of hydrogen-bond acceptors (Lipinski definition) is 6. The molecule has 1 unspecified atom stereocenters. The molecule has 206 valence electrons. The first kappa shape index (κ1) is 28.4. The number of esters is 1. The molecule has 1 atom stereocenters. The molecule has 0 saturated carbocycles. The maximum absolute atomic E-state index is 12.8. The van der Waals surface area contributed by atoms with Gasteiger partial charge in [-0.3, -0.25) is 0 Å². The molecule has 0 fully saturated rings. The fourth-order valence-corrected chi connectivity index (χ4v) is 6.97. The lowest BCUT2D eigenvalue weighted by Crippen LogP contribution is -2.32. The zero-order valence-electron chi connectivity index (χ0n) is 22.8. The number of benzene rings is 3. The zero-order valence-corrected chi connectivity index (χ0v) is 26.0. The van der Waals surface area contributed by atoms with Crippen molar-refractivity contribution in [2.45, 2.75) is 32.4 Å². The lowest BCUT2D eigenvalue weighted by Gasteiger charge is -2.35. The van der Waals surface area contributed by atoms with Gasteiger partial charge in [-0.05, 0) is 90.3 Å². The van der Waals surface area contributed by atoms with Crippen LogP contribution in [0.15, 0.2) is 76.6 Å². The van der Waals surface area contributed by atoms with Crippen molar-refractivity contribution in [3.05, 3.63) is 103 Å². The van der Waals surface area contributed by atoms with Gasteiger partial charge in [0, 0.05) is 40.4 Å². The van der Waals surface area contributed by atoms with Crippen LogP contribution < -0.4 is 14.8 Å². The third kappa shape index (κ3) is 5.56. The molecular formula is C32H29BrClNO4S. The van der Waals surface area contributed by atoms with Crippen molar-refractivity contribution >= 4 is 56.1 Å². The Hall–Kier alpha value is -3.10. The van der Waals surface area contributed by atoms with Crippen molar-refractivity contribution in [1.82, 2.24) is 0 Å². The molecule has 0 amide bonds. The molecule has 0 bridgehead atoms. The second kappa shape index (κ2) is 11.4. The van der Waals surface area contributed by atoms with Crippen LogP contribution in [-0.2, 0) is 4.74 Å². The molecule has 1 N–H and O–H groups in total. The van der Waals surface area contributed by atoms with Crippen molar-refractivity contribution < 1.29 is 19.0 Å².